The van der Waals surface area contributed by atoms with Crippen LogP contribution in [0.3, 0.4) is 0 Å². The third kappa shape index (κ3) is 2.20. The third-order valence-corrected chi connectivity index (χ3v) is 3.15. The quantitative estimate of drug-likeness (QED) is 0.839. The number of pyridine rings is 1. The van der Waals surface area contributed by atoms with Crippen molar-refractivity contribution < 1.29 is 0 Å². The zero-order valence-electron chi connectivity index (χ0n) is 10.1. The van der Waals surface area contributed by atoms with Crippen molar-refractivity contribution in [1.29, 1.82) is 0 Å². The van der Waals surface area contributed by atoms with Gasteiger partial charge in [0, 0.05) is 18.1 Å². The van der Waals surface area contributed by atoms with Gasteiger partial charge >= 0.3 is 0 Å². The van der Waals surface area contributed by atoms with Gasteiger partial charge in [-0.2, -0.15) is 0 Å². The summed E-state index contributed by atoms with van der Waals surface area (Å²) in [7, 11) is 0. The first-order valence-electron chi connectivity index (χ1n) is 6.09. The van der Waals surface area contributed by atoms with Crippen LogP contribution in [0, 0.1) is 0 Å². The van der Waals surface area contributed by atoms with Gasteiger partial charge in [-0.3, -0.25) is 9.99 Å². The number of nitrogens with two attached hydrogens (primary N) is 1. The van der Waals surface area contributed by atoms with E-state index in [1.165, 1.54) is 0 Å². The van der Waals surface area contributed by atoms with Crippen molar-refractivity contribution >= 4 is 0 Å². The standard InChI is InChI=1S/C14H16N4/c15-14(8-7-12-5-1-3-9-16-12)11-13-6-2-4-10-18(13)17-14/h1-6,9-11,17H,7-8,15H2. The molecular weight excluding hydrogens is 224 g/mol. The van der Waals surface area contributed by atoms with Crippen LogP contribution in [0.4, 0.5) is 0 Å². The minimum atomic E-state index is -0.494. The number of rotatable bonds is 3. The molecule has 0 radical (unpaired) electrons. The van der Waals surface area contributed by atoms with Crippen molar-refractivity contribution in [3.63, 3.8) is 0 Å². The van der Waals surface area contributed by atoms with Gasteiger partial charge in [-0.1, -0.05) is 12.1 Å². The lowest BCUT2D eigenvalue weighted by Crippen LogP contribution is -2.52. The fourth-order valence-corrected chi connectivity index (χ4v) is 2.21. The Balaban J connectivity index is 1.69. The molecule has 2 aliphatic heterocycles. The Morgan fingerprint density at radius 2 is 2.28 bits per heavy atom. The molecular formula is C14H16N4. The summed E-state index contributed by atoms with van der Waals surface area (Å²) in [5.74, 6) is 0. The highest BCUT2D eigenvalue weighted by Gasteiger charge is 2.31. The van der Waals surface area contributed by atoms with Crippen LogP contribution in [-0.2, 0) is 6.42 Å². The second kappa shape index (κ2) is 4.40. The highest BCUT2D eigenvalue weighted by atomic mass is 15.6. The molecule has 4 heteroatoms. The molecule has 3 heterocycles. The van der Waals surface area contributed by atoms with Crippen LogP contribution < -0.4 is 11.2 Å². The van der Waals surface area contributed by atoms with Crippen LogP contribution in [0.5, 0.6) is 0 Å². The van der Waals surface area contributed by atoms with E-state index in [0.29, 0.717) is 0 Å². The van der Waals surface area contributed by atoms with Crippen molar-refractivity contribution in [1.82, 2.24) is 15.4 Å². The first-order chi connectivity index (χ1) is 8.75. The summed E-state index contributed by atoms with van der Waals surface area (Å²) in [6.07, 6.45) is 13.6. The summed E-state index contributed by atoms with van der Waals surface area (Å²) in [6, 6.07) is 5.95. The highest BCUT2D eigenvalue weighted by Crippen LogP contribution is 2.24. The zero-order chi connectivity index (χ0) is 12.4. The molecule has 1 aromatic rings. The van der Waals surface area contributed by atoms with E-state index >= 15 is 0 Å². The largest absolute Gasteiger partial charge is 0.309 e. The first-order valence-corrected chi connectivity index (χ1v) is 6.09. The van der Waals surface area contributed by atoms with Crippen LogP contribution in [0.25, 0.3) is 0 Å². The number of hydrogen-bond acceptors (Lipinski definition) is 4. The number of hydrazine groups is 1. The Hall–Kier alpha value is -1.91. The SMILES string of the molecule is NC1(CCc2ccccn2)C=C2C=CC=CN2N1. The summed E-state index contributed by atoms with van der Waals surface area (Å²) in [5.41, 5.74) is 11.3. The molecule has 0 aromatic carbocycles. The summed E-state index contributed by atoms with van der Waals surface area (Å²) in [5, 5.41) is 1.96. The Morgan fingerprint density at radius 1 is 1.33 bits per heavy atom. The van der Waals surface area contributed by atoms with Crippen LogP contribution in [0.15, 0.2) is 60.6 Å². The van der Waals surface area contributed by atoms with Crippen LogP contribution in [-0.4, -0.2) is 15.7 Å². The molecule has 0 saturated heterocycles. The maximum atomic E-state index is 6.34. The monoisotopic (exact) mass is 240 g/mol. The van der Waals surface area contributed by atoms with Gasteiger partial charge in [-0.25, -0.2) is 5.43 Å². The van der Waals surface area contributed by atoms with Crippen LogP contribution in [0.2, 0.25) is 0 Å². The number of hydrogen-bond donors (Lipinski definition) is 2. The van der Waals surface area contributed by atoms with E-state index in [9.17, 15) is 0 Å². The number of nitrogens with zero attached hydrogens (tertiary/aromatic N) is 2. The topological polar surface area (TPSA) is 54.2 Å². The minimum absolute atomic E-state index is 0.494. The lowest BCUT2D eigenvalue weighted by Gasteiger charge is -2.26. The molecule has 2 aliphatic rings. The van der Waals surface area contributed by atoms with Gasteiger partial charge in [0.1, 0.15) is 5.66 Å². The molecule has 3 rings (SSSR count). The first kappa shape index (κ1) is 11.2. The van der Waals surface area contributed by atoms with Gasteiger partial charge in [0.2, 0.25) is 0 Å². The van der Waals surface area contributed by atoms with E-state index in [4.69, 9.17) is 5.73 Å². The zero-order valence-corrected chi connectivity index (χ0v) is 10.1. The number of aryl methyl sites for hydroxylation is 1. The van der Waals surface area contributed by atoms with Crippen molar-refractivity contribution in [3.05, 3.63) is 66.3 Å². The number of nitrogens with one attached hydrogen (secondary N) is 1. The van der Waals surface area contributed by atoms with Gasteiger partial charge < -0.3 is 5.73 Å². The molecule has 0 aliphatic carbocycles. The molecule has 1 atom stereocenters. The average Bonchev–Trinajstić information content (AvgIpc) is 2.74. The van der Waals surface area contributed by atoms with E-state index in [0.717, 1.165) is 24.2 Å². The lowest BCUT2D eigenvalue weighted by molar-refractivity contribution is 0.261. The van der Waals surface area contributed by atoms with E-state index in [-0.39, 0.29) is 0 Å². The van der Waals surface area contributed by atoms with Gasteiger partial charge in [-0.05, 0) is 43.2 Å². The molecule has 0 saturated carbocycles. The fraction of sp³-hybridized carbons (Fsp3) is 0.214. The van der Waals surface area contributed by atoms with Crippen molar-refractivity contribution in [3.8, 4) is 0 Å². The summed E-state index contributed by atoms with van der Waals surface area (Å²) in [6.45, 7) is 0. The molecule has 1 aromatic heterocycles. The molecule has 92 valence electrons. The minimum Gasteiger partial charge on any atom is -0.309 e. The molecule has 18 heavy (non-hydrogen) atoms. The maximum Gasteiger partial charge on any atom is 0.106 e. The van der Waals surface area contributed by atoms with Crippen LogP contribution >= 0.6 is 0 Å². The predicted molar refractivity (Wildman–Crippen MR) is 70.8 cm³/mol. The third-order valence-electron chi connectivity index (χ3n) is 3.15. The summed E-state index contributed by atoms with van der Waals surface area (Å²) in [4.78, 5) is 4.32. The van der Waals surface area contributed by atoms with Gasteiger partial charge in [-0.15, -0.1) is 0 Å². The van der Waals surface area contributed by atoms with Crippen molar-refractivity contribution in [2.24, 2.45) is 5.73 Å². The normalized spacial score (nSPS) is 25.2. The Morgan fingerprint density at radius 3 is 3.06 bits per heavy atom. The highest BCUT2D eigenvalue weighted by molar-refractivity contribution is 5.33. The van der Waals surface area contributed by atoms with Gasteiger partial charge in [0.05, 0.1) is 5.70 Å². The van der Waals surface area contributed by atoms with Gasteiger partial charge in [0.25, 0.3) is 0 Å². The molecule has 0 bridgehead atoms. The Bertz CT molecular complexity index is 518. The number of fused-ring (bicyclic) bond motifs is 1. The van der Waals surface area contributed by atoms with E-state index in [1.807, 2.05) is 53.8 Å². The smallest absolute Gasteiger partial charge is 0.106 e. The van der Waals surface area contributed by atoms with Gasteiger partial charge in [0.15, 0.2) is 0 Å². The number of allylic oxidation sites excluding steroid dienone is 3. The van der Waals surface area contributed by atoms with E-state index in [2.05, 4.69) is 16.5 Å². The average molecular weight is 240 g/mol. The Kier molecular flexibility index (Phi) is 2.74. The molecule has 0 spiro atoms. The number of aromatic nitrogens is 1. The van der Waals surface area contributed by atoms with Crippen molar-refractivity contribution in [2.75, 3.05) is 0 Å². The fourth-order valence-electron chi connectivity index (χ4n) is 2.21. The molecule has 0 fully saturated rings. The summed E-state index contributed by atoms with van der Waals surface area (Å²) >= 11 is 0. The molecule has 0 amide bonds. The molecule has 3 N–H and O–H groups in total. The second-order valence-electron chi connectivity index (χ2n) is 4.61. The molecule has 4 nitrogen and oxygen atoms in total. The predicted octanol–water partition coefficient (Wildman–Crippen LogP) is 1.46. The van der Waals surface area contributed by atoms with E-state index < -0.39 is 5.66 Å². The van der Waals surface area contributed by atoms with Crippen molar-refractivity contribution in [2.45, 2.75) is 18.5 Å². The maximum absolute atomic E-state index is 6.34. The van der Waals surface area contributed by atoms with Crippen LogP contribution in [0.1, 0.15) is 12.1 Å². The van der Waals surface area contributed by atoms with E-state index in [1.54, 1.807) is 0 Å². The summed E-state index contributed by atoms with van der Waals surface area (Å²) < 4.78 is 0. The Labute approximate surface area is 106 Å². The lowest BCUT2D eigenvalue weighted by atomic mass is 10.0. The second-order valence-corrected chi connectivity index (χ2v) is 4.61. The molecule has 1 unspecified atom stereocenters.